The fraction of sp³-hybridized carbons (Fsp3) is 0.267. The molecule has 0 radical (unpaired) electrons. The van der Waals surface area contributed by atoms with Crippen molar-refractivity contribution in [2.45, 2.75) is 26.8 Å². The average molecular weight is 309 g/mol. The van der Waals surface area contributed by atoms with Gasteiger partial charge in [-0.25, -0.2) is 0 Å². The van der Waals surface area contributed by atoms with Gasteiger partial charge in [-0.1, -0.05) is 17.7 Å². The summed E-state index contributed by atoms with van der Waals surface area (Å²) in [6.45, 7) is 5.56. The molecule has 0 fully saturated rings. The first kappa shape index (κ1) is 14.9. The molecule has 2 aromatic rings. The van der Waals surface area contributed by atoms with Gasteiger partial charge in [-0.2, -0.15) is 0 Å². The van der Waals surface area contributed by atoms with Crippen LogP contribution in [0.5, 0.6) is 0 Å². The largest absolute Gasteiger partial charge is 0.378 e. The van der Waals surface area contributed by atoms with Gasteiger partial charge in [0.15, 0.2) is 0 Å². The second kappa shape index (κ2) is 6.29. The van der Waals surface area contributed by atoms with E-state index in [1.807, 2.05) is 37.3 Å². The third-order valence-corrected chi connectivity index (χ3v) is 4.37. The first-order valence-corrected chi connectivity index (χ1v) is 7.55. The number of hydrogen-bond acceptors (Lipinski definition) is 3. The normalized spacial score (nSPS) is 12.0. The van der Waals surface area contributed by atoms with Crippen LogP contribution in [-0.4, -0.2) is 5.91 Å². The highest BCUT2D eigenvalue weighted by Gasteiger charge is 2.09. The molecule has 1 aromatic carbocycles. The fourth-order valence-electron chi connectivity index (χ4n) is 1.92. The Morgan fingerprint density at radius 2 is 2.05 bits per heavy atom. The number of thiophene rings is 1. The van der Waals surface area contributed by atoms with E-state index < -0.39 is 0 Å². The van der Waals surface area contributed by atoms with Crippen LogP contribution in [0.4, 0.5) is 11.4 Å². The number of rotatable bonds is 4. The zero-order chi connectivity index (χ0) is 14.7. The van der Waals surface area contributed by atoms with Crippen LogP contribution in [-0.2, 0) is 4.79 Å². The highest BCUT2D eigenvalue weighted by molar-refractivity contribution is 7.16. The summed E-state index contributed by atoms with van der Waals surface area (Å²) in [6.07, 6.45) is 0. The molecule has 5 heteroatoms. The van der Waals surface area contributed by atoms with E-state index >= 15 is 0 Å². The van der Waals surface area contributed by atoms with Crippen LogP contribution < -0.4 is 10.6 Å². The Morgan fingerprint density at radius 3 is 2.65 bits per heavy atom. The molecule has 1 amide bonds. The van der Waals surface area contributed by atoms with Crippen LogP contribution in [0.1, 0.15) is 30.3 Å². The summed E-state index contributed by atoms with van der Waals surface area (Å²) in [7, 11) is 0. The number of anilines is 2. The molecule has 0 aliphatic rings. The molecule has 1 heterocycles. The predicted octanol–water partition coefficient (Wildman–Crippen LogP) is 4.84. The summed E-state index contributed by atoms with van der Waals surface area (Å²) in [6, 6.07) is 10.0. The molecule has 2 N–H and O–H groups in total. The summed E-state index contributed by atoms with van der Waals surface area (Å²) < 4.78 is 0.788. The lowest BCUT2D eigenvalue weighted by molar-refractivity contribution is -0.114. The molecule has 0 saturated carbocycles. The van der Waals surface area contributed by atoms with E-state index in [1.54, 1.807) is 11.3 Å². The topological polar surface area (TPSA) is 41.1 Å². The number of halogens is 1. The Morgan fingerprint density at radius 1 is 1.30 bits per heavy atom. The van der Waals surface area contributed by atoms with Crippen molar-refractivity contribution in [2.75, 3.05) is 10.6 Å². The van der Waals surface area contributed by atoms with Gasteiger partial charge < -0.3 is 10.6 Å². The lowest BCUT2D eigenvalue weighted by Crippen LogP contribution is -2.09. The number of hydrogen-bond donors (Lipinski definition) is 2. The van der Waals surface area contributed by atoms with E-state index in [2.05, 4.69) is 17.6 Å². The molecule has 0 bridgehead atoms. The minimum atomic E-state index is -0.0664. The van der Waals surface area contributed by atoms with Crippen LogP contribution in [0, 0.1) is 6.92 Å². The van der Waals surface area contributed by atoms with Crippen LogP contribution in [0.2, 0.25) is 4.34 Å². The van der Waals surface area contributed by atoms with Gasteiger partial charge in [0.25, 0.3) is 0 Å². The first-order valence-electron chi connectivity index (χ1n) is 6.35. The molecule has 0 saturated heterocycles. The molecule has 106 valence electrons. The van der Waals surface area contributed by atoms with Crippen molar-refractivity contribution in [1.82, 2.24) is 0 Å². The van der Waals surface area contributed by atoms with Crippen molar-refractivity contribution in [3.8, 4) is 0 Å². The van der Waals surface area contributed by atoms with E-state index in [1.165, 1.54) is 11.8 Å². The van der Waals surface area contributed by atoms with Crippen molar-refractivity contribution in [1.29, 1.82) is 0 Å². The van der Waals surface area contributed by atoms with Crippen molar-refractivity contribution in [3.05, 3.63) is 45.1 Å². The maximum Gasteiger partial charge on any atom is 0.221 e. The van der Waals surface area contributed by atoms with Crippen molar-refractivity contribution >= 4 is 40.2 Å². The molecule has 0 spiro atoms. The first-order chi connectivity index (χ1) is 9.45. The minimum absolute atomic E-state index is 0.0664. The average Bonchev–Trinajstić information content (AvgIpc) is 2.79. The van der Waals surface area contributed by atoms with E-state index in [4.69, 9.17) is 11.6 Å². The van der Waals surface area contributed by atoms with E-state index in [0.29, 0.717) is 0 Å². The summed E-state index contributed by atoms with van der Waals surface area (Å²) in [4.78, 5) is 12.4. The molecule has 20 heavy (non-hydrogen) atoms. The Kier molecular flexibility index (Phi) is 4.68. The van der Waals surface area contributed by atoms with Gasteiger partial charge in [0.05, 0.1) is 10.4 Å². The fourth-order valence-corrected chi connectivity index (χ4v) is 2.98. The molecular weight excluding hydrogens is 292 g/mol. The Labute approximate surface area is 128 Å². The second-order valence-electron chi connectivity index (χ2n) is 4.72. The van der Waals surface area contributed by atoms with Gasteiger partial charge >= 0.3 is 0 Å². The summed E-state index contributed by atoms with van der Waals surface area (Å²) in [5, 5.41) is 6.25. The number of nitrogens with one attached hydrogen (secondary N) is 2. The van der Waals surface area contributed by atoms with Gasteiger partial charge in [-0.05, 0) is 43.7 Å². The van der Waals surface area contributed by atoms with Crippen LogP contribution in [0.3, 0.4) is 0 Å². The third-order valence-electron chi connectivity index (χ3n) is 2.95. The SMILES string of the molecule is CC(=O)Nc1cc(NC(C)c2ccc(Cl)s2)ccc1C. The van der Waals surface area contributed by atoms with Crippen molar-refractivity contribution in [3.63, 3.8) is 0 Å². The highest BCUT2D eigenvalue weighted by atomic mass is 35.5. The van der Waals surface area contributed by atoms with Crippen LogP contribution >= 0.6 is 22.9 Å². The number of amides is 1. The van der Waals surface area contributed by atoms with Gasteiger partial charge in [0.2, 0.25) is 5.91 Å². The number of carbonyl (C=O) groups is 1. The Bertz CT molecular complexity index is 624. The molecule has 1 unspecified atom stereocenters. The molecule has 3 nitrogen and oxygen atoms in total. The quantitative estimate of drug-likeness (QED) is 0.848. The Balaban J connectivity index is 2.15. The van der Waals surface area contributed by atoms with Gasteiger partial charge in [-0.15, -0.1) is 11.3 Å². The minimum Gasteiger partial charge on any atom is -0.378 e. The second-order valence-corrected chi connectivity index (χ2v) is 6.47. The molecular formula is C15H17ClN2OS. The van der Waals surface area contributed by atoms with E-state index in [9.17, 15) is 4.79 Å². The van der Waals surface area contributed by atoms with Crippen LogP contribution in [0.25, 0.3) is 0 Å². The number of carbonyl (C=O) groups excluding carboxylic acids is 1. The van der Waals surface area contributed by atoms with Gasteiger partial charge in [-0.3, -0.25) is 4.79 Å². The van der Waals surface area contributed by atoms with Crippen LogP contribution in [0.15, 0.2) is 30.3 Å². The predicted molar refractivity (Wildman–Crippen MR) is 86.8 cm³/mol. The summed E-state index contributed by atoms with van der Waals surface area (Å²) in [5.41, 5.74) is 2.84. The molecule has 0 aliphatic carbocycles. The maximum absolute atomic E-state index is 11.2. The standard InChI is InChI=1S/C15H17ClN2OS/c1-9-4-5-12(8-13(9)18-11(3)19)17-10(2)14-6-7-15(16)20-14/h4-8,10,17H,1-3H3,(H,18,19). The molecule has 2 rings (SSSR count). The highest BCUT2D eigenvalue weighted by Crippen LogP contribution is 2.30. The van der Waals surface area contributed by atoms with Gasteiger partial charge in [0.1, 0.15) is 0 Å². The summed E-state index contributed by atoms with van der Waals surface area (Å²) >= 11 is 7.52. The third kappa shape index (κ3) is 3.74. The summed E-state index contributed by atoms with van der Waals surface area (Å²) in [5.74, 6) is -0.0664. The lowest BCUT2D eigenvalue weighted by atomic mass is 10.1. The van der Waals surface area contributed by atoms with Crippen molar-refractivity contribution < 1.29 is 4.79 Å². The van der Waals surface area contributed by atoms with Crippen molar-refractivity contribution in [2.24, 2.45) is 0 Å². The van der Waals surface area contributed by atoms with Gasteiger partial charge in [0, 0.05) is 23.2 Å². The van der Waals surface area contributed by atoms with E-state index in [-0.39, 0.29) is 11.9 Å². The molecule has 1 atom stereocenters. The lowest BCUT2D eigenvalue weighted by Gasteiger charge is -2.16. The molecule has 1 aromatic heterocycles. The monoisotopic (exact) mass is 308 g/mol. The Hall–Kier alpha value is -1.52. The molecule has 0 aliphatic heterocycles. The van der Waals surface area contributed by atoms with E-state index in [0.717, 1.165) is 21.3 Å². The zero-order valence-corrected chi connectivity index (χ0v) is 13.2. The zero-order valence-electron chi connectivity index (χ0n) is 11.7. The maximum atomic E-state index is 11.2. The smallest absolute Gasteiger partial charge is 0.221 e. The number of benzene rings is 1. The number of aryl methyl sites for hydroxylation is 1.